The predicted octanol–water partition coefficient (Wildman–Crippen LogP) is 5.63. The third kappa shape index (κ3) is 7.76. The molecule has 2 aliphatic heterocycles. The third-order valence-electron chi connectivity index (χ3n) is 7.52. The third-order valence-corrected chi connectivity index (χ3v) is 10.2. The van der Waals surface area contributed by atoms with Crippen molar-refractivity contribution in [2.75, 3.05) is 24.5 Å². The van der Waals surface area contributed by atoms with Crippen LogP contribution < -0.4 is 14.4 Å². The molecule has 43 heavy (non-hydrogen) atoms. The van der Waals surface area contributed by atoms with Crippen LogP contribution in [0.3, 0.4) is 0 Å². The second-order valence-corrected chi connectivity index (χ2v) is 13.6. The van der Waals surface area contributed by atoms with Crippen LogP contribution in [0.15, 0.2) is 71.8 Å². The van der Waals surface area contributed by atoms with Gasteiger partial charge in [0.05, 0.1) is 15.8 Å². The van der Waals surface area contributed by atoms with E-state index in [0.29, 0.717) is 56.6 Å². The molecule has 0 bridgehead atoms. The number of hydrogen-bond acceptors (Lipinski definition) is 6. The maximum atomic E-state index is 13.2. The number of rotatable bonds is 7. The van der Waals surface area contributed by atoms with Gasteiger partial charge in [0, 0.05) is 55.8 Å². The van der Waals surface area contributed by atoms with Crippen molar-refractivity contribution in [2.45, 2.75) is 52.9 Å². The van der Waals surface area contributed by atoms with Crippen LogP contribution >= 0.6 is 22.6 Å². The minimum absolute atomic E-state index is 0.00759. The molecule has 2 saturated heterocycles. The lowest BCUT2D eigenvalue weighted by Gasteiger charge is -2.36. The molecule has 1 aromatic heterocycles. The first kappa shape index (κ1) is 31.4. The van der Waals surface area contributed by atoms with Crippen molar-refractivity contribution in [3.63, 3.8) is 0 Å². The molecular formula is C29H29F4IN4O4S. The monoisotopic (exact) mass is 732 g/mol. The average molecular weight is 733 g/mol. The Kier molecular flexibility index (Phi) is 9.46. The van der Waals surface area contributed by atoms with Crippen LogP contribution in [0.4, 0.5) is 23.2 Å². The average Bonchev–Trinajstić information content (AvgIpc) is 2.97. The lowest BCUT2D eigenvalue weighted by molar-refractivity contribution is -0.137. The van der Waals surface area contributed by atoms with Crippen LogP contribution in [0, 0.1) is 5.82 Å². The van der Waals surface area contributed by atoms with Gasteiger partial charge >= 0.3 is 6.18 Å². The molecule has 0 spiro atoms. The Hall–Kier alpha value is -2.98. The summed E-state index contributed by atoms with van der Waals surface area (Å²) in [5, 5.41) is 0. The second-order valence-electron chi connectivity index (χ2n) is 10.5. The number of carbonyl (C=O) groups is 1. The number of likely N-dealkylation sites (tertiary alicyclic amines) is 1. The normalized spacial score (nSPS) is 20.2. The van der Waals surface area contributed by atoms with Gasteiger partial charge in [0.15, 0.2) is 0 Å². The van der Waals surface area contributed by atoms with Gasteiger partial charge in [-0.1, -0.05) is 22.6 Å². The number of alkyl halides is 4. The Balaban J connectivity index is 1.10. The molecule has 0 radical (unpaired) electrons. The molecule has 3 heterocycles. The van der Waals surface area contributed by atoms with Gasteiger partial charge < -0.3 is 14.5 Å². The first-order valence-electron chi connectivity index (χ1n) is 13.7. The summed E-state index contributed by atoms with van der Waals surface area (Å²) in [6, 6.07) is 13.0. The van der Waals surface area contributed by atoms with Crippen molar-refractivity contribution >= 4 is 44.2 Å². The number of sulfonamides is 1. The van der Waals surface area contributed by atoms with Gasteiger partial charge in [-0.15, -0.1) is 0 Å². The molecule has 0 saturated carbocycles. The summed E-state index contributed by atoms with van der Waals surface area (Å²) in [4.78, 5) is 20.7. The molecule has 8 nitrogen and oxygen atoms in total. The molecule has 2 aromatic carbocycles. The predicted molar refractivity (Wildman–Crippen MR) is 160 cm³/mol. The molecule has 3 aromatic rings. The topological polar surface area (TPSA) is 91.8 Å². The number of nitrogens with zero attached hydrogens (tertiary/aromatic N) is 3. The smallest absolute Gasteiger partial charge is 0.416 e. The van der Waals surface area contributed by atoms with E-state index in [9.17, 15) is 30.8 Å². The summed E-state index contributed by atoms with van der Waals surface area (Å²) in [5.74, 6) is -0.373. The van der Waals surface area contributed by atoms with E-state index in [1.165, 1.54) is 54.7 Å². The molecule has 2 atom stereocenters. The first-order valence-corrected chi connectivity index (χ1v) is 16.4. The summed E-state index contributed by atoms with van der Waals surface area (Å²) in [5.41, 5.74) is 0.404. The highest BCUT2D eigenvalue weighted by Gasteiger charge is 2.33. The van der Waals surface area contributed by atoms with Crippen LogP contribution in [0.25, 0.3) is 0 Å². The quantitative estimate of drug-likeness (QED) is 0.147. The minimum Gasteiger partial charge on any atom is -0.474 e. The molecule has 1 N–H and O–H groups in total. The number of nitrogens with one attached hydrogen (secondary N) is 1. The van der Waals surface area contributed by atoms with E-state index in [2.05, 4.69) is 32.3 Å². The number of carbonyl (C=O) groups excluding carboxylic acids is 1. The van der Waals surface area contributed by atoms with Crippen molar-refractivity contribution in [1.82, 2.24) is 14.6 Å². The van der Waals surface area contributed by atoms with Crippen molar-refractivity contribution in [2.24, 2.45) is 0 Å². The fraction of sp³-hybridized carbons (Fsp3) is 0.379. The Morgan fingerprint density at radius 2 is 1.63 bits per heavy atom. The standard InChI is InChI=1S/C29H29F4IN4O4S/c30-21-5-1-19(2-6-21)28(39)38-16-11-22(17-26(38)34)36-43(40,41)25-9-10-27(35-18-25)42-24-12-14-37(15-13-24)23-7-3-20(4-8-23)29(31,32)33/h1-10,18,22,24,26,36H,11-17H2. The van der Waals surface area contributed by atoms with Crippen LogP contribution in [0.1, 0.15) is 41.6 Å². The Morgan fingerprint density at radius 1 is 0.953 bits per heavy atom. The van der Waals surface area contributed by atoms with Gasteiger partial charge in [-0.25, -0.2) is 22.5 Å². The van der Waals surface area contributed by atoms with Gasteiger partial charge in [0.1, 0.15) is 16.8 Å². The van der Waals surface area contributed by atoms with E-state index >= 15 is 0 Å². The zero-order chi connectivity index (χ0) is 30.8. The van der Waals surface area contributed by atoms with E-state index in [-0.39, 0.29) is 32.9 Å². The van der Waals surface area contributed by atoms with Crippen LogP contribution in [-0.4, -0.2) is 60.0 Å². The first-order chi connectivity index (χ1) is 20.4. The van der Waals surface area contributed by atoms with Crippen LogP contribution in [0.5, 0.6) is 5.88 Å². The van der Waals surface area contributed by atoms with Crippen molar-refractivity contribution in [1.29, 1.82) is 0 Å². The van der Waals surface area contributed by atoms with Crippen molar-refractivity contribution < 1.29 is 35.5 Å². The van der Waals surface area contributed by atoms with Crippen LogP contribution in [0.2, 0.25) is 0 Å². The van der Waals surface area contributed by atoms with Crippen LogP contribution in [-0.2, 0) is 16.2 Å². The Labute approximate surface area is 260 Å². The number of hydrogen-bond donors (Lipinski definition) is 1. The number of pyridine rings is 1. The highest BCUT2D eigenvalue weighted by atomic mass is 127. The van der Waals surface area contributed by atoms with E-state index in [1.54, 1.807) is 4.90 Å². The molecule has 1 amide bonds. The lowest BCUT2D eigenvalue weighted by atomic mass is 10.0. The van der Waals surface area contributed by atoms with Gasteiger partial charge in [0.25, 0.3) is 5.91 Å². The highest BCUT2D eigenvalue weighted by molar-refractivity contribution is 14.1. The van der Waals surface area contributed by atoms with Gasteiger partial charge in [-0.3, -0.25) is 4.79 Å². The van der Waals surface area contributed by atoms with E-state index in [1.807, 2.05) is 4.90 Å². The maximum absolute atomic E-state index is 13.2. The summed E-state index contributed by atoms with van der Waals surface area (Å²) < 4.78 is 86.2. The van der Waals surface area contributed by atoms with Gasteiger partial charge in [0.2, 0.25) is 15.9 Å². The largest absolute Gasteiger partial charge is 0.474 e. The number of anilines is 1. The molecule has 14 heteroatoms. The number of benzene rings is 2. The summed E-state index contributed by atoms with van der Waals surface area (Å²) in [6.45, 7) is 1.54. The second kappa shape index (κ2) is 12.9. The maximum Gasteiger partial charge on any atom is 0.416 e. The highest BCUT2D eigenvalue weighted by Crippen LogP contribution is 2.31. The molecule has 5 rings (SSSR count). The van der Waals surface area contributed by atoms with Gasteiger partial charge in [-0.05, 0) is 67.4 Å². The summed E-state index contributed by atoms with van der Waals surface area (Å²) in [6.07, 6.45) is -1.21. The fourth-order valence-corrected chi connectivity index (χ4v) is 7.53. The number of aromatic nitrogens is 1. The fourth-order valence-electron chi connectivity index (χ4n) is 5.16. The molecule has 230 valence electrons. The van der Waals surface area contributed by atoms with Crippen molar-refractivity contribution in [3.8, 4) is 5.88 Å². The van der Waals surface area contributed by atoms with E-state index in [4.69, 9.17) is 4.74 Å². The molecule has 2 aliphatic rings. The zero-order valence-corrected chi connectivity index (χ0v) is 25.8. The van der Waals surface area contributed by atoms with Gasteiger partial charge in [-0.2, -0.15) is 13.2 Å². The number of piperidine rings is 2. The number of amides is 1. The lowest BCUT2D eigenvalue weighted by Crippen LogP contribution is -2.49. The molecule has 0 aliphatic carbocycles. The Morgan fingerprint density at radius 3 is 2.21 bits per heavy atom. The summed E-state index contributed by atoms with van der Waals surface area (Å²) in [7, 11) is -3.87. The molecular weight excluding hydrogens is 703 g/mol. The minimum atomic E-state index is -4.37. The number of ether oxygens (including phenoxy) is 1. The van der Waals surface area contributed by atoms with E-state index in [0.717, 1.165) is 12.1 Å². The zero-order valence-electron chi connectivity index (χ0n) is 22.8. The number of halogens is 5. The SMILES string of the molecule is O=C(c1ccc(F)cc1)N1CCC(NS(=O)(=O)c2ccc(OC3CCN(c4ccc(C(F)(F)F)cc4)CC3)nc2)CC1I. The molecule has 2 fully saturated rings. The Bertz CT molecular complexity index is 1520. The summed E-state index contributed by atoms with van der Waals surface area (Å²) >= 11 is 2.11. The molecule has 2 unspecified atom stereocenters. The van der Waals surface area contributed by atoms with E-state index < -0.39 is 27.6 Å². The van der Waals surface area contributed by atoms with Crippen molar-refractivity contribution in [3.05, 3.63) is 83.8 Å².